The van der Waals surface area contributed by atoms with Crippen molar-refractivity contribution in [2.45, 2.75) is 45.7 Å². The van der Waals surface area contributed by atoms with Crippen molar-refractivity contribution in [2.75, 3.05) is 7.11 Å². The van der Waals surface area contributed by atoms with E-state index in [4.69, 9.17) is 4.74 Å². The van der Waals surface area contributed by atoms with Crippen LogP contribution in [0.1, 0.15) is 60.5 Å². The predicted octanol–water partition coefficient (Wildman–Crippen LogP) is 6.00. The van der Waals surface area contributed by atoms with E-state index in [0.29, 0.717) is 17.2 Å². The maximum absolute atomic E-state index is 13.3. The summed E-state index contributed by atoms with van der Waals surface area (Å²) in [6.45, 7) is 6.46. The number of aryl methyl sites for hydroxylation is 1. The number of Topliss-reactive ketones (excluding diaryl/α,β-unsaturated/α-hetero) is 1. The van der Waals surface area contributed by atoms with Gasteiger partial charge in [0.1, 0.15) is 11.5 Å². The first-order valence-electron chi connectivity index (χ1n) is 11.9. The number of hydrogen-bond acceptors (Lipinski definition) is 4. The molecule has 35 heavy (non-hydrogen) atoms. The summed E-state index contributed by atoms with van der Waals surface area (Å²) in [4.78, 5) is 28.1. The summed E-state index contributed by atoms with van der Waals surface area (Å²) < 4.78 is 5.48. The summed E-state index contributed by atoms with van der Waals surface area (Å²) in [6, 6.07) is 22.1. The van der Waals surface area contributed by atoms with Gasteiger partial charge in [-0.1, -0.05) is 87.5 Å². The van der Waals surface area contributed by atoms with Crippen LogP contribution in [0.3, 0.4) is 0 Å². The van der Waals surface area contributed by atoms with E-state index in [2.05, 4.69) is 20.8 Å². The first-order chi connectivity index (χ1) is 16.8. The molecule has 0 saturated carbocycles. The monoisotopic (exact) mass is 469 g/mol. The van der Waals surface area contributed by atoms with E-state index in [0.717, 1.165) is 28.7 Å². The highest BCUT2D eigenvalue weighted by Gasteiger charge is 2.46. The number of carbonyl (C=O) groups is 2. The standard InChI is InChI=1S/C30H31NO4/c1-5-20-10-12-23(13-11-20)28(32)26-27(22-16-14-21(15-17-22)19(2)3)31(30(34)29(26)33)18-24-8-6-7-9-25(24)35-4/h6-17,19,27,32H,5,18H2,1-4H3/b28-26+. The smallest absolute Gasteiger partial charge is 0.295 e. The second kappa shape index (κ2) is 10.2. The van der Waals surface area contributed by atoms with E-state index < -0.39 is 17.7 Å². The fourth-order valence-corrected chi connectivity index (χ4v) is 4.52. The van der Waals surface area contributed by atoms with Crippen molar-refractivity contribution in [1.82, 2.24) is 4.90 Å². The Hall–Kier alpha value is -3.86. The first-order valence-corrected chi connectivity index (χ1v) is 11.9. The molecule has 1 amide bonds. The minimum absolute atomic E-state index is 0.103. The molecule has 0 aromatic heterocycles. The second-order valence-electron chi connectivity index (χ2n) is 9.11. The highest BCUT2D eigenvalue weighted by Crippen LogP contribution is 2.41. The van der Waals surface area contributed by atoms with E-state index in [1.807, 2.05) is 60.7 Å². The topological polar surface area (TPSA) is 66.8 Å². The molecule has 0 spiro atoms. The van der Waals surface area contributed by atoms with Crippen LogP contribution in [0.4, 0.5) is 0 Å². The number of para-hydroxylation sites is 1. The van der Waals surface area contributed by atoms with Gasteiger partial charge in [0.2, 0.25) is 0 Å². The Labute approximate surface area is 206 Å². The SMILES string of the molecule is CCc1ccc(/C(O)=C2\C(=O)C(=O)N(Cc3ccccc3OC)C2c2ccc(C(C)C)cc2)cc1. The lowest BCUT2D eigenvalue weighted by Gasteiger charge is -2.26. The molecule has 1 unspecified atom stereocenters. The van der Waals surface area contributed by atoms with Crippen LogP contribution in [0.25, 0.3) is 5.76 Å². The molecule has 1 atom stereocenters. The van der Waals surface area contributed by atoms with Crippen LogP contribution >= 0.6 is 0 Å². The van der Waals surface area contributed by atoms with Crippen molar-refractivity contribution in [3.05, 3.63) is 106 Å². The molecule has 0 bridgehead atoms. The number of aliphatic hydroxyl groups is 1. The fourth-order valence-electron chi connectivity index (χ4n) is 4.52. The molecule has 1 fully saturated rings. The Bertz CT molecular complexity index is 1260. The maximum Gasteiger partial charge on any atom is 0.295 e. The average molecular weight is 470 g/mol. The molecule has 3 aromatic carbocycles. The number of ketones is 1. The van der Waals surface area contributed by atoms with Gasteiger partial charge in [0.05, 0.1) is 25.3 Å². The van der Waals surface area contributed by atoms with Crippen molar-refractivity contribution < 1.29 is 19.4 Å². The molecule has 5 nitrogen and oxygen atoms in total. The normalized spacial score (nSPS) is 17.3. The number of aliphatic hydroxyl groups excluding tert-OH is 1. The molecule has 5 heteroatoms. The lowest BCUT2D eigenvalue weighted by molar-refractivity contribution is -0.140. The molecule has 1 saturated heterocycles. The molecule has 0 radical (unpaired) electrons. The highest BCUT2D eigenvalue weighted by atomic mass is 16.5. The number of amides is 1. The largest absolute Gasteiger partial charge is 0.507 e. The van der Waals surface area contributed by atoms with Gasteiger partial charge in [0, 0.05) is 11.1 Å². The molecule has 4 rings (SSSR count). The third-order valence-corrected chi connectivity index (χ3v) is 6.63. The molecular weight excluding hydrogens is 438 g/mol. The van der Waals surface area contributed by atoms with Gasteiger partial charge in [-0.15, -0.1) is 0 Å². The second-order valence-corrected chi connectivity index (χ2v) is 9.11. The van der Waals surface area contributed by atoms with Crippen molar-refractivity contribution in [3.8, 4) is 5.75 Å². The van der Waals surface area contributed by atoms with Crippen molar-refractivity contribution in [1.29, 1.82) is 0 Å². The van der Waals surface area contributed by atoms with Gasteiger partial charge in [-0.25, -0.2) is 0 Å². The van der Waals surface area contributed by atoms with E-state index in [9.17, 15) is 14.7 Å². The summed E-state index contributed by atoms with van der Waals surface area (Å²) >= 11 is 0. The zero-order chi connectivity index (χ0) is 25.1. The number of hydrogen-bond donors (Lipinski definition) is 1. The minimum Gasteiger partial charge on any atom is -0.507 e. The van der Waals surface area contributed by atoms with Crippen LogP contribution < -0.4 is 4.74 Å². The third-order valence-electron chi connectivity index (χ3n) is 6.63. The summed E-state index contributed by atoms with van der Waals surface area (Å²) in [6.07, 6.45) is 0.868. The van der Waals surface area contributed by atoms with E-state index in [1.165, 1.54) is 4.90 Å². The van der Waals surface area contributed by atoms with Gasteiger partial charge in [0.15, 0.2) is 0 Å². The van der Waals surface area contributed by atoms with Gasteiger partial charge in [-0.3, -0.25) is 9.59 Å². The van der Waals surface area contributed by atoms with Crippen LogP contribution in [0.5, 0.6) is 5.75 Å². The highest BCUT2D eigenvalue weighted by molar-refractivity contribution is 6.46. The third kappa shape index (κ3) is 4.72. The van der Waals surface area contributed by atoms with Gasteiger partial charge < -0.3 is 14.7 Å². The van der Waals surface area contributed by atoms with Crippen LogP contribution in [0, 0.1) is 0 Å². The molecule has 1 aliphatic rings. The maximum atomic E-state index is 13.3. The molecular formula is C30H31NO4. The molecule has 1 heterocycles. The molecule has 3 aromatic rings. The number of carbonyl (C=O) groups excluding carboxylic acids is 2. The minimum atomic E-state index is -0.716. The van der Waals surface area contributed by atoms with Crippen LogP contribution in [0.2, 0.25) is 0 Å². The predicted molar refractivity (Wildman–Crippen MR) is 137 cm³/mol. The van der Waals surface area contributed by atoms with Crippen molar-refractivity contribution >= 4 is 17.4 Å². The zero-order valence-corrected chi connectivity index (χ0v) is 20.6. The van der Waals surface area contributed by atoms with Crippen molar-refractivity contribution in [3.63, 3.8) is 0 Å². The quantitative estimate of drug-likeness (QED) is 0.262. The summed E-state index contributed by atoms with van der Waals surface area (Å²) in [5.41, 5.74) is 4.46. The Balaban J connectivity index is 1.85. The molecule has 0 aliphatic carbocycles. The van der Waals surface area contributed by atoms with Gasteiger partial charge in [0.25, 0.3) is 11.7 Å². The number of nitrogens with zero attached hydrogens (tertiary/aromatic N) is 1. The molecule has 1 N–H and O–H groups in total. The Kier molecular flexibility index (Phi) is 7.06. The summed E-state index contributed by atoms with van der Waals surface area (Å²) in [5, 5.41) is 11.3. The van der Waals surface area contributed by atoms with Crippen LogP contribution in [-0.4, -0.2) is 28.8 Å². The number of ether oxygens (including phenoxy) is 1. The van der Waals surface area contributed by atoms with Crippen LogP contribution in [-0.2, 0) is 22.6 Å². The number of methoxy groups -OCH3 is 1. The first kappa shape index (κ1) is 24.3. The Morgan fingerprint density at radius 1 is 0.971 bits per heavy atom. The van der Waals surface area contributed by atoms with Gasteiger partial charge >= 0.3 is 0 Å². The fraction of sp³-hybridized carbons (Fsp3) is 0.267. The number of likely N-dealkylation sites (tertiary alicyclic amines) is 1. The molecule has 180 valence electrons. The van der Waals surface area contributed by atoms with Gasteiger partial charge in [-0.05, 0) is 35.1 Å². The van der Waals surface area contributed by atoms with Crippen LogP contribution in [0.15, 0.2) is 78.4 Å². The van der Waals surface area contributed by atoms with E-state index in [1.54, 1.807) is 19.2 Å². The zero-order valence-electron chi connectivity index (χ0n) is 20.6. The molecule has 1 aliphatic heterocycles. The Morgan fingerprint density at radius 3 is 2.23 bits per heavy atom. The number of benzene rings is 3. The Morgan fingerprint density at radius 2 is 1.63 bits per heavy atom. The van der Waals surface area contributed by atoms with Crippen molar-refractivity contribution in [2.24, 2.45) is 0 Å². The van der Waals surface area contributed by atoms with E-state index in [-0.39, 0.29) is 17.9 Å². The lowest BCUT2D eigenvalue weighted by Crippen LogP contribution is -2.29. The lowest BCUT2D eigenvalue weighted by atomic mass is 9.93. The summed E-state index contributed by atoms with van der Waals surface area (Å²) in [5.74, 6) is -0.499. The average Bonchev–Trinajstić information content (AvgIpc) is 3.13. The summed E-state index contributed by atoms with van der Waals surface area (Å²) in [7, 11) is 1.58. The van der Waals surface area contributed by atoms with Gasteiger partial charge in [-0.2, -0.15) is 0 Å². The number of rotatable bonds is 7. The van der Waals surface area contributed by atoms with E-state index >= 15 is 0 Å².